The minimum atomic E-state index is -3.90. The number of hydrogen-bond acceptors (Lipinski definition) is 0. The summed E-state index contributed by atoms with van der Waals surface area (Å²) in [6, 6.07) is 25.0. The Kier molecular flexibility index (Phi) is 1.09. The maximum absolute atomic E-state index is 3.90. The summed E-state index contributed by atoms with van der Waals surface area (Å²) in [4.78, 5) is 9.13. The van der Waals surface area contributed by atoms with Gasteiger partial charge in [0.1, 0.15) is 0 Å². The molecule has 0 amide bonds. The molecule has 7 unspecified atom stereocenters. The predicted octanol–water partition coefficient (Wildman–Crippen LogP) is 8.28. The number of hydrogen-bond donors (Lipinski definition) is 0. The van der Waals surface area contributed by atoms with E-state index in [2.05, 4.69) is 69.9 Å². The van der Waals surface area contributed by atoms with E-state index in [1.807, 2.05) is 11.1 Å². The van der Waals surface area contributed by atoms with Gasteiger partial charge in [0, 0.05) is 0 Å². The van der Waals surface area contributed by atoms with E-state index in [1.165, 1.54) is 33.7 Å². The van der Waals surface area contributed by atoms with E-state index in [1.54, 1.807) is 32.1 Å². The molecular formula is C33H35FeP. The first-order chi connectivity index (χ1) is 17.0. The molecule has 16 rings (SSSR count). The second-order valence-corrected chi connectivity index (χ2v) is 41.8. The van der Waals surface area contributed by atoms with Gasteiger partial charge in [0.15, 0.2) is 0 Å². The first-order valence-corrected chi connectivity index (χ1v) is 21.8. The minimum absolute atomic E-state index is 0.683. The summed E-state index contributed by atoms with van der Waals surface area (Å²) in [5.41, 5.74) is 4.76. The molecule has 10 heterocycles. The second-order valence-electron chi connectivity index (χ2n) is 18.1. The third-order valence-corrected chi connectivity index (χ3v) is 67.6. The molecule has 7 atom stereocenters. The van der Waals surface area contributed by atoms with E-state index >= 15 is 0 Å². The molecule has 10 saturated heterocycles. The molecule has 2 aromatic carbocycles. The molecule has 180 valence electrons. The third kappa shape index (κ3) is 0.350. The van der Waals surface area contributed by atoms with Gasteiger partial charge in [-0.05, 0) is 0 Å². The zero-order chi connectivity index (χ0) is 22.1. The van der Waals surface area contributed by atoms with Crippen LogP contribution in [0.4, 0.5) is 0 Å². The van der Waals surface area contributed by atoms with E-state index < -0.39 is 6.51 Å². The average Bonchev–Trinajstić information content (AvgIpc) is 3.83. The standard InChI is InChI=1S/C28H30P.C5H5.Fe/c29-28(26-22-14-18-13-19(16-22)17-23(26)15-18)25-12-11-24(20-7-3-1-4-8-20)27(25)21-9-5-2-6-10-21;1-2-4-5-3-1;/h1-12,18-19,22-23,26,28H,13-17,29H2;1-5H;. The fourth-order valence-electron chi connectivity index (χ4n) is 25.9. The monoisotopic (exact) mass is 518 g/mol. The Labute approximate surface area is 200 Å². The van der Waals surface area contributed by atoms with Crippen LogP contribution in [0.2, 0.25) is 38.0 Å². The van der Waals surface area contributed by atoms with E-state index in [4.69, 9.17) is 0 Å². The molecule has 10 aliphatic heterocycles. The Morgan fingerprint density at radius 2 is 1.17 bits per heavy atom. The van der Waals surface area contributed by atoms with Crippen LogP contribution >= 0.6 is 9.24 Å². The topological polar surface area (TPSA) is 0 Å². The molecule has 14 fully saturated rings. The molecule has 4 saturated carbocycles. The maximum atomic E-state index is 3.80. The molecule has 0 nitrogen and oxygen atoms in total. The summed E-state index contributed by atoms with van der Waals surface area (Å²) in [7, 11) is 3.80. The van der Waals surface area contributed by atoms with Gasteiger partial charge in [-0.3, -0.25) is 0 Å². The Balaban J connectivity index is 1.10. The van der Waals surface area contributed by atoms with Gasteiger partial charge >= 0.3 is 202 Å². The molecular weight excluding hydrogens is 483 g/mol. The van der Waals surface area contributed by atoms with Crippen LogP contribution in [0.1, 0.15) is 43.2 Å². The van der Waals surface area contributed by atoms with Crippen LogP contribution in [0.25, 0.3) is 0 Å². The van der Waals surface area contributed by atoms with Crippen molar-refractivity contribution in [3.8, 4) is 0 Å². The van der Waals surface area contributed by atoms with Gasteiger partial charge in [-0.1, -0.05) is 0 Å². The van der Waals surface area contributed by atoms with Crippen molar-refractivity contribution in [2.24, 2.45) is 29.6 Å². The number of fused-ring (bicyclic) bond motifs is 10. The van der Waals surface area contributed by atoms with Crippen molar-refractivity contribution >= 4 is 9.24 Å². The summed E-state index contributed by atoms with van der Waals surface area (Å²) < 4.78 is 2.23. The van der Waals surface area contributed by atoms with Crippen molar-refractivity contribution in [2.45, 2.75) is 84.4 Å². The van der Waals surface area contributed by atoms with Gasteiger partial charge in [-0.25, -0.2) is 0 Å². The summed E-state index contributed by atoms with van der Waals surface area (Å²) in [5.74, 6) is 5.48. The van der Waals surface area contributed by atoms with E-state index in [0.717, 1.165) is 39.6 Å². The van der Waals surface area contributed by atoms with Gasteiger partial charge in [0.2, 0.25) is 0 Å². The van der Waals surface area contributed by atoms with Gasteiger partial charge in [-0.15, -0.1) is 0 Å². The zero-order valence-electron chi connectivity index (χ0n) is 20.2. The van der Waals surface area contributed by atoms with E-state index in [-0.39, 0.29) is 0 Å². The Bertz CT molecular complexity index is 1860. The Morgan fingerprint density at radius 1 is 0.657 bits per heavy atom. The summed E-state index contributed by atoms with van der Waals surface area (Å²) in [5, 5.41) is 0. The molecule has 2 heteroatoms. The van der Waals surface area contributed by atoms with Crippen LogP contribution in [0, 0.1) is 29.6 Å². The van der Waals surface area contributed by atoms with Gasteiger partial charge in [0.25, 0.3) is 0 Å². The zero-order valence-corrected chi connectivity index (χ0v) is 22.5. The van der Waals surface area contributed by atoms with Crippen molar-refractivity contribution in [1.29, 1.82) is 0 Å². The van der Waals surface area contributed by atoms with Gasteiger partial charge in [0.05, 0.1) is 0 Å². The quantitative estimate of drug-likeness (QED) is 0.282. The van der Waals surface area contributed by atoms with E-state index in [9.17, 15) is 0 Å². The molecule has 0 aromatic heterocycles. The second kappa shape index (κ2) is 2.34. The first kappa shape index (κ1) is 16.4. The van der Waals surface area contributed by atoms with Crippen molar-refractivity contribution in [3.05, 3.63) is 71.8 Å². The van der Waals surface area contributed by atoms with Crippen molar-refractivity contribution in [2.75, 3.05) is 0 Å². The SMILES string of the molecule is PC(C1C2CC3CC(C2)CC1C3)[C]12[CH]3[CH]4[C]5(c6ccccc6)[C]1(c1ccccc1)[Fe]43521678[CH]2[CH]1[CH]6[CH]7[CH]28. The predicted molar refractivity (Wildman–Crippen MR) is 139 cm³/mol. The van der Waals surface area contributed by atoms with Crippen LogP contribution < -0.4 is 0 Å². The molecule has 1 spiro atoms. The Hall–Kier alpha value is -0.611. The number of rotatable bonds is 4. The molecule has 0 N–H and O–H groups in total. The summed E-state index contributed by atoms with van der Waals surface area (Å²) >= 11 is 0. The normalized spacial score (nSPS) is 84.7. The van der Waals surface area contributed by atoms with Crippen molar-refractivity contribution in [1.82, 2.24) is 0 Å². The van der Waals surface area contributed by atoms with Crippen molar-refractivity contribution < 1.29 is 6.51 Å². The first-order valence-electron chi connectivity index (χ1n) is 15.1. The van der Waals surface area contributed by atoms with Gasteiger partial charge < -0.3 is 0 Å². The van der Waals surface area contributed by atoms with Crippen LogP contribution in [0.5, 0.6) is 0 Å². The molecule has 14 aliphatic rings. The molecule has 4 aliphatic carbocycles. The number of benzene rings is 2. The van der Waals surface area contributed by atoms with Crippen LogP contribution in [0.3, 0.4) is 0 Å². The fourth-order valence-corrected chi connectivity index (χ4v) is 109. The average molecular weight is 518 g/mol. The summed E-state index contributed by atoms with van der Waals surface area (Å²) in [6.45, 7) is -3.90. The van der Waals surface area contributed by atoms with E-state index in [0.29, 0.717) is 8.63 Å². The van der Waals surface area contributed by atoms with Crippen LogP contribution in [-0.4, -0.2) is 5.66 Å². The third-order valence-electron chi connectivity index (χ3n) is 22.7. The molecule has 2 aromatic rings. The molecule has 35 heavy (non-hydrogen) atoms. The molecule has 4 bridgehead atoms. The van der Waals surface area contributed by atoms with Crippen LogP contribution in [-0.2, 0) is 15.1 Å². The fraction of sp³-hybridized carbons (Fsp3) is 0.636. The Morgan fingerprint density at radius 3 is 1.69 bits per heavy atom. The van der Waals surface area contributed by atoms with Gasteiger partial charge in [-0.2, -0.15) is 0 Å². The van der Waals surface area contributed by atoms with Crippen molar-refractivity contribution in [3.63, 3.8) is 0 Å². The molecule has 0 radical (unpaired) electrons. The summed E-state index contributed by atoms with van der Waals surface area (Å²) in [6.07, 6.45) is 8.06. The van der Waals surface area contributed by atoms with Crippen LogP contribution in [0.15, 0.2) is 60.7 Å².